The van der Waals surface area contributed by atoms with Gasteiger partial charge in [-0.25, -0.2) is 0 Å². The van der Waals surface area contributed by atoms with Gasteiger partial charge in [-0.3, -0.25) is 43.2 Å². The van der Waals surface area contributed by atoms with E-state index in [9.17, 15) is 48.3 Å². The summed E-state index contributed by atoms with van der Waals surface area (Å²) in [5.74, 6) is -7.93. The maximum Gasteiger partial charge on any atom is 0.303 e. The molecule has 0 aromatic carbocycles. The van der Waals surface area contributed by atoms with E-state index >= 15 is 0 Å². The number of aliphatic hydroxyl groups is 1. The first-order chi connectivity index (χ1) is 28.0. The first-order valence-corrected chi connectivity index (χ1v) is 18.5. The molecule has 24 heteroatoms. The Morgan fingerprint density at radius 3 is 1.25 bits per heavy atom. The molecule has 0 bridgehead atoms. The molecule has 338 valence electrons. The highest BCUT2D eigenvalue weighted by molar-refractivity contribution is 5.73. The molecule has 0 unspecified atom stereocenters. The molecule has 0 aliphatic carbocycles. The Balaban J connectivity index is 2.28. The van der Waals surface area contributed by atoms with Crippen molar-refractivity contribution in [3.8, 4) is 0 Å². The second-order valence-corrected chi connectivity index (χ2v) is 13.8. The van der Waals surface area contributed by atoms with Gasteiger partial charge < -0.3 is 72.0 Å². The van der Waals surface area contributed by atoms with E-state index in [2.05, 4.69) is 5.32 Å². The molecule has 0 saturated carbocycles. The topological polar surface area (TPSA) is 306 Å². The number of nitrogens with one attached hydrogen (secondary N) is 1. The summed E-state index contributed by atoms with van der Waals surface area (Å²) in [6, 6.07) is -1.65. The Bertz CT molecular complexity index is 1600. The molecule has 3 rings (SSSR count). The van der Waals surface area contributed by atoms with E-state index in [1.165, 1.54) is 6.92 Å². The van der Waals surface area contributed by atoms with Gasteiger partial charge >= 0.3 is 47.8 Å². The van der Waals surface area contributed by atoms with E-state index in [1.54, 1.807) is 0 Å². The summed E-state index contributed by atoms with van der Waals surface area (Å²) in [6.07, 6.45) is -23.4. The van der Waals surface area contributed by atoms with Gasteiger partial charge in [-0.2, -0.15) is 0 Å². The first-order valence-electron chi connectivity index (χ1n) is 18.5. The standard InChI is InChI=1S/C36H51NO23/c1-13-26(51-17(5)41)30(53-19(7)43)32(55-21(9)45)35(50-13)60-29-25(37-14(2)38)34(47)57-23(11-48-15(3)39)27(29)59-36-33(56-22(10)46)31(54-20(8)44)28(52-18(6)42)24(58-36)12-49-16(4)40/h13,23-36,47H,11-12H2,1-10H3,(H,37,38)/t13-,23+,24+,25+,26+,27+,28-,29+,30+,31-,32-,33+,34+,35-,36-/m0/s1. The van der Waals surface area contributed by atoms with Crippen molar-refractivity contribution in [3.63, 3.8) is 0 Å². The predicted molar refractivity (Wildman–Crippen MR) is 188 cm³/mol. The van der Waals surface area contributed by atoms with Crippen LogP contribution in [0.1, 0.15) is 69.2 Å². The minimum absolute atomic E-state index is 0.651. The molecule has 2 N–H and O–H groups in total. The van der Waals surface area contributed by atoms with Crippen molar-refractivity contribution in [2.24, 2.45) is 0 Å². The fourth-order valence-electron chi connectivity index (χ4n) is 6.66. The van der Waals surface area contributed by atoms with Crippen molar-refractivity contribution in [1.29, 1.82) is 0 Å². The van der Waals surface area contributed by atoms with Gasteiger partial charge in [0.25, 0.3) is 0 Å². The van der Waals surface area contributed by atoms with Crippen LogP contribution in [0.2, 0.25) is 0 Å². The second kappa shape index (κ2) is 22.0. The average Bonchev–Trinajstić information content (AvgIpc) is 3.10. The van der Waals surface area contributed by atoms with Crippen LogP contribution in [-0.2, 0) is 105 Å². The number of hydrogen-bond donors (Lipinski definition) is 2. The molecule has 0 radical (unpaired) electrons. The minimum atomic E-state index is -1.99. The molecule has 24 nitrogen and oxygen atoms in total. The highest BCUT2D eigenvalue weighted by Gasteiger charge is 2.58. The summed E-state index contributed by atoms with van der Waals surface area (Å²) >= 11 is 0. The van der Waals surface area contributed by atoms with Crippen molar-refractivity contribution in [1.82, 2.24) is 5.32 Å². The molecule has 0 aromatic rings. The first kappa shape index (κ1) is 49.4. The van der Waals surface area contributed by atoms with Crippen LogP contribution in [0, 0.1) is 0 Å². The highest BCUT2D eigenvalue weighted by atomic mass is 16.8. The quantitative estimate of drug-likeness (QED) is 0.135. The van der Waals surface area contributed by atoms with Gasteiger partial charge in [0, 0.05) is 62.3 Å². The van der Waals surface area contributed by atoms with Gasteiger partial charge in [0.05, 0.1) is 6.10 Å². The second-order valence-electron chi connectivity index (χ2n) is 13.8. The highest BCUT2D eigenvalue weighted by Crippen LogP contribution is 2.37. The Kier molecular flexibility index (Phi) is 18.1. The molecule has 0 aromatic heterocycles. The lowest BCUT2D eigenvalue weighted by molar-refractivity contribution is -0.371. The Labute approximate surface area is 343 Å². The number of esters is 8. The number of hydrogen-bond acceptors (Lipinski definition) is 23. The summed E-state index contributed by atoms with van der Waals surface area (Å²) in [5, 5.41) is 13.8. The average molecular weight is 866 g/mol. The maximum atomic E-state index is 12.6. The molecule has 3 fully saturated rings. The van der Waals surface area contributed by atoms with Crippen molar-refractivity contribution < 1.29 is 110 Å². The number of amides is 1. The molecular weight excluding hydrogens is 814 g/mol. The van der Waals surface area contributed by atoms with Crippen LogP contribution in [0.4, 0.5) is 0 Å². The van der Waals surface area contributed by atoms with Crippen LogP contribution < -0.4 is 5.32 Å². The number of ether oxygens (including phenoxy) is 13. The Hall–Kier alpha value is -5.01. The lowest BCUT2D eigenvalue weighted by Crippen LogP contribution is -2.70. The van der Waals surface area contributed by atoms with Crippen molar-refractivity contribution >= 4 is 53.7 Å². The van der Waals surface area contributed by atoms with Crippen LogP contribution in [0.25, 0.3) is 0 Å². The molecular formula is C36H51NO23. The van der Waals surface area contributed by atoms with Crippen LogP contribution >= 0.6 is 0 Å². The number of carbonyl (C=O) groups excluding carboxylic acids is 9. The summed E-state index contributed by atoms with van der Waals surface area (Å²) < 4.78 is 73.9. The third-order valence-electron chi connectivity index (χ3n) is 8.65. The Morgan fingerprint density at radius 1 is 0.450 bits per heavy atom. The SMILES string of the molecule is CC(=O)N[C@@H]1[C@@H](O[C@@H]2O[C@@H](C)[C@@H](OC(C)=O)[C@@H](OC(C)=O)[C@@H]2OC(C)=O)[C@H](O[C@@H]2O[C@H](COC(C)=O)[C@H](OC(C)=O)[C@H](OC(C)=O)[C@H]2OC(C)=O)[C@@H](COC(C)=O)O[C@H]1O. The van der Waals surface area contributed by atoms with E-state index in [-0.39, 0.29) is 0 Å². The monoisotopic (exact) mass is 865 g/mol. The zero-order chi connectivity index (χ0) is 45.2. The number of carbonyl (C=O) groups is 9. The van der Waals surface area contributed by atoms with E-state index in [1.807, 2.05) is 0 Å². The molecule has 3 aliphatic rings. The maximum absolute atomic E-state index is 12.6. The lowest BCUT2D eigenvalue weighted by atomic mass is 9.94. The van der Waals surface area contributed by atoms with Crippen molar-refractivity contribution in [2.45, 2.75) is 161 Å². The third-order valence-corrected chi connectivity index (χ3v) is 8.65. The van der Waals surface area contributed by atoms with Crippen LogP contribution in [0.5, 0.6) is 0 Å². The van der Waals surface area contributed by atoms with E-state index in [0.29, 0.717) is 0 Å². The van der Waals surface area contributed by atoms with E-state index < -0.39 is 159 Å². The fourth-order valence-corrected chi connectivity index (χ4v) is 6.66. The predicted octanol–water partition coefficient (Wildman–Crippen LogP) is -1.84. The van der Waals surface area contributed by atoms with Crippen molar-refractivity contribution in [2.75, 3.05) is 13.2 Å². The van der Waals surface area contributed by atoms with Gasteiger partial charge in [0.1, 0.15) is 43.7 Å². The minimum Gasteiger partial charge on any atom is -0.463 e. The fraction of sp³-hybridized carbons (Fsp3) is 0.750. The third kappa shape index (κ3) is 14.0. The molecule has 1 amide bonds. The van der Waals surface area contributed by atoms with Crippen LogP contribution in [0.3, 0.4) is 0 Å². The van der Waals surface area contributed by atoms with Gasteiger partial charge in [-0.1, -0.05) is 0 Å². The summed E-state index contributed by atoms with van der Waals surface area (Å²) in [4.78, 5) is 111. The number of rotatable bonds is 15. The lowest BCUT2D eigenvalue weighted by Gasteiger charge is -2.50. The van der Waals surface area contributed by atoms with Gasteiger partial charge in [-0.15, -0.1) is 0 Å². The van der Waals surface area contributed by atoms with Crippen molar-refractivity contribution in [3.05, 3.63) is 0 Å². The van der Waals surface area contributed by atoms with E-state index in [0.717, 1.165) is 62.3 Å². The molecule has 60 heavy (non-hydrogen) atoms. The molecule has 3 saturated heterocycles. The van der Waals surface area contributed by atoms with Crippen LogP contribution in [-0.4, -0.2) is 164 Å². The molecule has 15 atom stereocenters. The smallest absolute Gasteiger partial charge is 0.303 e. The zero-order valence-corrected chi connectivity index (χ0v) is 34.5. The largest absolute Gasteiger partial charge is 0.463 e. The summed E-state index contributed by atoms with van der Waals surface area (Å²) in [6.45, 7) is 9.35. The van der Waals surface area contributed by atoms with E-state index in [4.69, 9.17) is 61.6 Å². The van der Waals surface area contributed by atoms with Gasteiger partial charge in [-0.05, 0) is 6.92 Å². The molecule has 3 aliphatic heterocycles. The van der Waals surface area contributed by atoms with Gasteiger partial charge in [0.2, 0.25) is 5.91 Å². The number of aliphatic hydroxyl groups excluding tert-OH is 1. The normalized spacial score (nSPS) is 33.8. The molecule has 3 heterocycles. The Morgan fingerprint density at radius 2 is 0.817 bits per heavy atom. The summed E-state index contributed by atoms with van der Waals surface area (Å²) in [5.41, 5.74) is 0. The zero-order valence-electron chi connectivity index (χ0n) is 34.5. The molecule has 0 spiro atoms. The van der Waals surface area contributed by atoms with Crippen LogP contribution in [0.15, 0.2) is 0 Å². The van der Waals surface area contributed by atoms with Gasteiger partial charge in [0.15, 0.2) is 55.5 Å². The summed E-state index contributed by atoms with van der Waals surface area (Å²) in [7, 11) is 0.